The molecule has 0 bridgehead atoms. The predicted molar refractivity (Wildman–Crippen MR) is 78.3 cm³/mol. The summed E-state index contributed by atoms with van der Waals surface area (Å²) in [6, 6.07) is 9.11. The van der Waals surface area contributed by atoms with Crippen molar-refractivity contribution >= 4 is 5.69 Å². The van der Waals surface area contributed by atoms with E-state index in [0.717, 1.165) is 12.1 Å². The molecular weight excluding hydrogens is 309 g/mol. The molecule has 0 spiro atoms. The van der Waals surface area contributed by atoms with E-state index in [1.807, 2.05) is 0 Å². The highest BCUT2D eigenvalue weighted by atomic mass is 19.4. The quantitative estimate of drug-likeness (QED) is 0.498. The van der Waals surface area contributed by atoms with Gasteiger partial charge in [-0.1, -0.05) is 12.1 Å². The minimum atomic E-state index is -4.38. The third-order valence-electron chi connectivity index (χ3n) is 3.26. The molecule has 1 aromatic heterocycles. The van der Waals surface area contributed by atoms with Gasteiger partial charge in [-0.05, 0) is 30.3 Å². The Kier molecular flexibility index (Phi) is 3.44. The second-order valence-corrected chi connectivity index (χ2v) is 4.86. The maximum Gasteiger partial charge on any atom is 0.416 e. The van der Waals surface area contributed by atoms with E-state index in [4.69, 9.17) is 5.73 Å². The minimum Gasteiger partial charge on any atom is -0.506 e. The third kappa shape index (κ3) is 2.96. The van der Waals surface area contributed by atoms with Gasteiger partial charge in [-0.3, -0.25) is 5.10 Å². The van der Waals surface area contributed by atoms with E-state index in [1.54, 1.807) is 6.07 Å². The maximum atomic E-state index is 12.5. The average molecular weight is 320 g/mol. The Morgan fingerprint density at radius 3 is 2.26 bits per heavy atom. The van der Waals surface area contributed by atoms with Crippen LogP contribution >= 0.6 is 0 Å². The molecule has 0 radical (unpaired) electrons. The van der Waals surface area contributed by atoms with E-state index >= 15 is 0 Å². The van der Waals surface area contributed by atoms with Gasteiger partial charge in [0.25, 0.3) is 0 Å². The van der Waals surface area contributed by atoms with Gasteiger partial charge in [0.2, 0.25) is 0 Å². The molecule has 0 saturated heterocycles. The first-order valence-electron chi connectivity index (χ1n) is 6.53. The van der Waals surface area contributed by atoms with Crippen LogP contribution in [0.4, 0.5) is 18.9 Å². The zero-order chi connectivity index (χ0) is 16.6. The van der Waals surface area contributed by atoms with Crippen LogP contribution in [0.1, 0.15) is 5.56 Å². The number of hydrogen-bond acceptors (Lipinski definition) is 4. The summed E-state index contributed by atoms with van der Waals surface area (Å²) in [5.41, 5.74) is 6.12. The second-order valence-electron chi connectivity index (χ2n) is 4.86. The lowest BCUT2D eigenvalue weighted by Crippen LogP contribution is -2.04. The number of nitrogens with two attached hydrogens (primary N) is 1. The number of hydrogen-bond donors (Lipinski definition) is 3. The summed E-state index contributed by atoms with van der Waals surface area (Å²) in [6.07, 6.45) is -4.38. The lowest BCUT2D eigenvalue weighted by Gasteiger charge is -2.06. The molecular formula is C15H11F3N4O. The predicted octanol–water partition coefficient (Wildman–Crippen LogP) is 3.45. The fraction of sp³-hybridized carbons (Fsp3) is 0.0667. The fourth-order valence-corrected chi connectivity index (χ4v) is 2.03. The number of nitrogens with one attached hydrogen (secondary N) is 1. The number of alkyl halides is 3. The van der Waals surface area contributed by atoms with Crippen molar-refractivity contribution in [2.24, 2.45) is 0 Å². The van der Waals surface area contributed by atoms with E-state index < -0.39 is 11.7 Å². The number of aromatic hydroxyl groups is 1. The van der Waals surface area contributed by atoms with Gasteiger partial charge in [0, 0.05) is 11.1 Å². The van der Waals surface area contributed by atoms with Crippen LogP contribution in [0, 0.1) is 0 Å². The summed E-state index contributed by atoms with van der Waals surface area (Å²) in [7, 11) is 0. The largest absolute Gasteiger partial charge is 0.506 e. The van der Waals surface area contributed by atoms with E-state index in [9.17, 15) is 18.3 Å². The van der Waals surface area contributed by atoms with Gasteiger partial charge in [-0.15, -0.1) is 0 Å². The minimum absolute atomic E-state index is 0.0488. The number of H-pyrrole nitrogens is 1. The normalized spacial score (nSPS) is 11.6. The number of anilines is 1. The van der Waals surface area contributed by atoms with Crippen molar-refractivity contribution < 1.29 is 18.3 Å². The topological polar surface area (TPSA) is 87.8 Å². The van der Waals surface area contributed by atoms with Crippen molar-refractivity contribution in [3.63, 3.8) is 0 Å². The van der Waals surface area contributed by atoms with Crippen LogP contribution in [0.5, 0.6) is 5.75 Å². The average Bonchev–Trinajstić information content (AvgIpc) is 2.99. The summed E-state index contributed by atoms with van der Waals surface area (Å²) in [6.45, 7) is 0. The summed E-state index contributed by atoms with van der Waals surface area (Å²) in [4.78, 5) is 4.23. The van der Waals surface area contributed by atoms with Crippen molar-refractivity contribution in [3.8, 4) is 28.5 Å². The first kappa shape index (κ1) is 14.9. The lowest BCUT2D eigenvalue weighted by atomic mass is 10.1. The smallest absolute Gasteiger partial charge is 0.416 e. The Bertz CT molecular complexity index is 841. The number of phenols is 1. The molecule has 0 atom stereocenters. The number of phenolic OH excluding ortho intramolecular Hbond substituents is 1. The van der Waals surface area contributed by atoms with Crippen molar-refractivity contribution in [2.45, 2.75) is 6.18 Å². The van der Waals surface area contributed by atoms with Gasteiger partial charge in [0.1, 0.15) is 5.75 Å². The van der Waals surface area contributed by atoms with Gasteiger partial charge in [-0.2, -0.15) is 18.3 Å². The van der Waals surface area contributed by atoms with Gasteiger partial charge in [-0.25, -0.2) is 4.98 Å². The molecule has 0 aliphatic carbocycles. The van der Waals surface area contributed by atoms with Gasteiger partial charge in [0.15, 0.2) is 11.6 Å². The van der Waals surface area contributed by atoms with E-state index in [1.165, 1.54) is 24.3 Å². The summed E-state index contributed by atoms with van der Waals surface area (Å²) in [5.74, 6) is 0.610. The third-order valence-corrected chi connectivity index (χ3v) is 3.26. The number of aromatic amines is 1. The Labute approximate surface area is 128 Å². The maximum absolute atomic E-state index is 12.5. The van der Waals surface area contributed by atoms with Crippen LogP contribution in [0.15, 0.2) is 42.5 Å². The van der Waals surface area contributed by atoms with Gasteiger partial charge < -0.3 is 10.8 Å². The number of nitrogens with zero attached hydrogens (tertiary/aromatic N) is 2. The molecule has 0 fully saturated rings. The molecule has 3 aromatic rings. The summed E-state index contributed by atoms with van der Waals surface area (Å²) in [5, 5.41) is 16.1. The van der Waals surface area contributed by atoms with Crippen LogP contribution in [-0.2, 0) is 6.18 Å². The van der Waals surface area contributed by atoms with E-state index in [0.29, 0.717) is 22.8 Å². The zero-order valence-corrected chi connectivity index (χ0v) is 11.6. The monoisotopic (exact) mass is 320 g/mol. The van der Waals surface area contributed by atoms with Gasteiger partial charge >= 0.3 is 6.18 Å². The number of nitrogen functional groups attached to an aromatic ring is 1. The number of rotatable bonds is 2. The second kappa shape index (κ2) is 5.31. The first-order chi connectivity index (χ1) is 10.8. The van der Waals surface area contributed by atoms with Crippen molar-refractivity contribution in [2.75, 3.05) is 5.73 Å². The van der Waals surface area contributed by atoms with E-state index in [2.05, 4.69) is 15.2 Å². The molecule has 0 aliphatic heterocycles. The highest BCUT2D eigenvalue weighted by Gasteiger charge is 2.30. The molecule has 5 nitrogen and oxygen atoms in total. The molecule has 118 valence electrons. The molecule has 1 heterocycles. The van der Waals surface area contributed by atoms with Crippen molar-refractivity contribution in [1.29, 1.82) is 0 Å². The van der Waals surface area contributed by atoms with Crippen LogP contribution in [0.25, 0.3) is 22.8 Å². The van der Waals surface area contributed by atoms with Gasteiger partial charge in [0.05, 0.1) is 11.3 Å². The summed E-state index contributed by atoms with van der Waals surface area (Å²) < 4.78 is 37.6. The number of benzene rings is 2. The van der Waals surface area contributed by atoms with Crippen LogP contribution in [0.2, 0.25) is 0 Å². The molecule has 2 aromatic carbocycles. The Morgan fingerprint density at radius 2 is 1.65 bits per heavy atom. The molecule has 0 saturated carbocycles. The molecule has 23 heavy (non-hydrogen) atoms. The van der Waals surface area contributed by atoms with Crippen molar-refractivity contribution in [1.82, 2.24) is 15.2 Å². The molecule has 8 heteroatoms. The SMILES string of the molecule is Nc1cc(-c2n[nH]c(-c3ccc(C(F)(F)F)cc3)n2)ccc1O. The van der Waals surface area contributed by atoms with Crippen LogP contribution in [0.3, 0.4) is 0 Å². The zero-order valence-electron chi connectivity index (χ0n) is 11.6. The molecule has 0 aliphatic rings. The number of halogens is 3. The van der Waals surface area contributed by atoms with E-state index in [-0.39, 0.29) is 11.4 Å². The summed E-state index contributed by atoms with van der Waals surface area (Å²) >= 11 is 0. The van der Waals surface area contributed by atoms with Crippen LogP contribution in [-0.4, -0.2) is 20.3 Å². The Balaban J connectivity index is 1.91. The number of aromatic nitrogens is 3. The highest BCUT2D eigenvalue weighted by molar-refractivity contribution is 5.67. The lowest BCUT2D eigenvalue weighted by molar-refractivity contribution is -0.137. The Hall–Kier alpha value is -3.03. The molecule has 4 N–H and O–H groups in total. The highest BCUT2D eigenvalue weighted by Crippen LogP contribution is 2.31. The molecule has 0 amide bonds. The Morgan fingerprint density at radius 1 is 1.00 bits per heavy atom. The fourth-order valence-electron chi connectivity index (χ4n) is 2.03. The van der Waals surface area contributed by atoms with Crippen LogP contribution < -0.4 is 5.73 Å². The van der Waals surface area contributed by atoms with Crippen molar-refractivity contribution in [3.05, 3.63) is 48.0 Å². The molecule has 3 rings (SSSR count). The standard InChI is InChI=1S/C15H11F3N4O/c16-15(17,18)10-4-1-8(2-5-10)13-20-14(22-21-13)9-3-6-12(23)11(19)7-9/h1-7,23H,19H2,(H,20,21,22). The molecule has 0 unspecified atom stereocenters. The first-order valence-corrected chi connectivity index (χ1v) is 6.53.